The third-order valence-corrected chi connectivity index (χ3v) is 13.6. The molecule has 2 aromatic carbocycles. The summed E-state index contributed by atoms with van der Waals surface area (Å²) in [6.45, 7) is 8.36. The Hall–Kier alpha value is -2.88. The molecule has 55 heavy (non-hydrogen) atoms. The molecule has 0 spiro atoms. The molecule has 0 saturated heterocycles. The zero-order valence-electron chi connectivity index (χ0n) is 30.6. The summed E-state index contributed by atoms with van der Waals surface area (Å²) in [6, 6.07) is 9.82. The van der Waals surface area contributed by atoms with E-state index in [1.165, 1.54) is 12.1 Å². The van der Waals surface area contributed by atoms with E-state index in [1.807, 2.05) is 73.6 Å². The van der Waals surface area contributed by atoms with Gasteiger partial charge in [-0.2, -0.15) is 29.8 Å². The molecule has 14 nitrogen and oxygen atoms in total. The highest BCUT2D eigenvalue weighted by Crippen LogP contribution is 2.49. The molecule has 0 saturated carbocycles. The number of hydrogen-bond acceptors (Lipinski definition) is 11. The fraction of sp³-hybridized carbons (Fsp3) is 0.417. The van der Waals surface area contributed by atoms with Crippen LogP contribution in [0, 0.1) is 0 Å². The van der Waals surface area contributed by atoms with Crippen LogP contribution in [0.15, 0.2) is 92.4 Å². The van der Waals surface area contributed by atoms with E-state index in [0.717, 1.165) is 52.3 Å². The predicted octanol–water partition coefficient (Wildman–Crippen LogP) is 7.13. The molecule has 0 aromatic heterocycles. The highest BCUT2D eigenvalue weighted by atomic mass is 35.5. The summed E-state index contributed by atoms with van der Waals surface area (Å²) in [5, 5.41) is 12.9. The first-order valence-corrected chi connectivity index (χ1v) is 23.0. The van der Waals surface area contributed by atoms with E-state index in [-0.39, 0.29) is 24.3 Å². The molecular formula is C36H44ClN2O12S4+. The van der Waals surface area contributed by atoms with Crippen LogP contribution in [-0.2, 0) is 50.6 Å². The van der Waals surface area contributed by atoms with Crippen molar-refractivity contribution in [3.8, 4) is 0 Å². The second-order valence-electron chi connectivity index (χ2n) is 14.5. The number of rotatable bonds is 15. The molecule has 0 fully saturated rings. The summed E-state index contributed by atoms with van der Waals surface area (Å²) in [6.07, 6.45) is 10.1. The monoisotopic (exact) mass is 859 g/mol. The van der Waals surface area contributed by atoms with Gasteiger partial charge >= 0.3 is 0 Å². The van der Waals surface area contributed by atoms with Crippen molar-refractivity contribution in [2.24, 2.45) is 0 Å². The van der Waals surface area contributed by atoms with Crippen LogP contribution in [0.1, 0.15) is 70.9 Å². The van der Waals surface area contributed by atoms with E-state index in [2.05, 4.69) is 9.37 Å². The van der Waals surface area contributed by atoms with Gasteiger partial charge in [0.05, 0.1) is 33.9 Å². The van der Waals surface area contributed by atoms with Crippen molar-refractivity contribution < 1.29 is 58.1 Å². The summed E-state index contributed by atoms with van der Waals surface area (Å²) < 4.78 is 105. The van der Waals surface area contributed by atoms with Crippen LogP contribution in [0.5, 0.6) is 0 Å². The van der Waals surface area contributed by atoms with Gasteiger partial charge < -0.3 is 4.90 Å². The second-order valence-corrected chi connectivity index (χ2v) is 20.3. The Morgan fingerprint density at radius 2 is 1.56 bits per heavy atom. The zero-order chi connectivity index (χ0) is 40.6. The molecule has 2 heterocycles. The van der Waals surface area contributed by atoms with Gasteiger partial charge in [0.25, 0.3) is 30.4 Å². The minimum absolute atomic E-state index is 0.0921. The average molecular weight is 860 g/mol. The van der Waals surface area contributed by atoms with Gasteiger partial charge in [0.15, 0.2) is 5.71 Å². The molecule has 0 radical (unpaired) electrons. The fourth-order valence-corrected chi connectivity index (χ4v) is 9.64. The second kappa shape index (κ2) is 16.5. The van der Waals surface area contributed by atoms with E-state index in [1.54, 1.807) is 12.1 Å². The number of halogens is 1. The number of fused-ring (bicyclic) bond motifs is 2. The minimum Gasteiger partial charge on any atom is -0.344 e. The predicted molar refractivity (Wildman–Crippen MR) is 211 cm³/mol. The number of nitrogens with zero attached hydrogens (tertiary/aromatic N) is 2. The van der Waals surface area contributed by atoms with E-state index < -0.39 is 52.7 Å². The standard InChI is InChI=1S/C36H43ClN2O12S4/c1-35(2)28-22-26(52-51-50-40)12-14-30(28)38(18-6-20-53(41,42)43)32(35)16-10-24-8-5-9-25(34(24)37)11-17-33-36(3,4)29-23-27(55(47,48)49)13-15-31(29)39(33)19-7-21-54(44,45)46/h10-17,22-23H,5-9,18-21H2,1-4H3,(H3-,40,41,42,43,44,45,46,47,48,49)/p+1. The smallest absolute Gasteiger partial charge is 0.294 e. The fourth-order valence-electron chi connectivity index (χ4n) is 7.43. The lowest BCUT2D eigenvalue weighted by Crippen LogP contribution is -2.28. The maximum Gasteiger partial charge on any atom is 0.294 e. The van der Waals surface area contributed by atoms with Crippen molar-refractivity contribution in [3.63, 3.8) is 0 Å². The Morgan fingerprint density at radius 1 is 0.873 bits per heavy atom. The summed E-state index contributed by atoms with van der Waals surface area (Å²) in [4.78, 5) is 2.28. The highest BCUT2D eigenvalue weighted by Gasteiger charge is 2.45. The quantitative estimate of drug-likeness (QED) is 0.0462. The lowest BCUT2D eigenvalue weighted by Gasteiger charge is -2.27. The van der Waals surface area contributed by atoms with Crippen molar-refractivity contribution in [2.45, 2.75) is 80.4 Å². The maximum atomic E-state index is 12.0. The number of anilines is 1. The van der Waals surface area contributed by atoms with Crippen molar-refractivity contribution in [3.05, 3.63) is 93.7 Å². The zero-order valence-corrected chi connectivity index (χ0v) is 34.6. The molecule has 300 valence electrons. The lowest BCUT2D eigenvalue weighted by atomic mass is 9.81. The first kappa shape index (κ1) is 43.2. The van der Waals surface area contributed by atoms with E-state index in [4.69, 9.17) is 16.9 Å². The molecule has 5 rings (SSSR count). The van der Waals surface area contributed by atoms with Gasteiger partial charge in [-0.25, -0.2) is 5.26 Å². The topological polar surface area (TPSA) is 208 Å². The molecule has 0 bridgehead atoms. The first-order chi connectivity index (χ1) is 25.5. The van der Waals surface area contributed by atoms with Crippen molar-refractivity contribution in [1.29, 1.82) is 0 Å². The Balaban J connectivity index is 1.52. The largest absolute Gasteiger partial charge is 0.344 e. The van der Waals surface area contributed by atoms with Crippen LogP contribution in [0.3, 0.4) is 0 Å². The molecule has 3 aliphatic rings. The number of allylic oxidation sites excluding steroid dienone is 8. The summed E-state index contributed by atoms with van der Waals surface area (Å²) in [5.74, 6) is -0.874. The first-order valence-electron chi connectivity index (χ1n) is 17.3. The molecule has 0 amide bonds. The summed E-state index contributed by atoms with van der Waals surface area (Å²) in [5.41, 5.74) is 5.01. The van der Waals surface area contributed by atoms with Gasteiger partial charge in [0, 0.05) is 57.4 Å². The molecular weight excluding hydrogens is 816 g/mol. The number of benzene rings is 2. The van der Waals surface area contributed by atoms with Gasteiger partial charge in [-0.15, -0.1) is 4.33 Å². The van der Waals surface area contributed by atoms with E-state index in [9.17, 15) is 38.9 Å². The van der Waals surface area contributed by atoms with Gasteiger partial charge in [0.1, 0.15) is 6.54 Å². The minimum atomic E-state index is -4.49. The van der Waals surface area contributed by atoms with Crippen LogP contribution in [0.2, 0.25) is 0 Å². The van der Waals surface area contributed by atoms with Crippen molar-refractivity contribution in [1.82, 2.24) is 0 Å². The Labute approximate surface area is 331 Å². The third-order valence-electron chi connectivity index (χ3n) is 10.1. The molecule has 0 atom stereocenters. The van der Waals surface area contributed by atoms with Crippen molar-refractivity contribution >= 4 is 71.1 Å². The van der Waals surface area contributed by atoms with Crippen LogP contribution in [0.4, 0.5) is 11.4 Å². The molecule has 4 N–H and O–H groups in total. The van der Waals surface area contributed by atoms with Gasteiger partial charge in [-0.1, -0.05) is 42.6 Å². The molecule has 2 aliphatic heterocycles. The van der Waals surface area contributed by atoms with E-state index >= 15 is 0 Å². The van der Waals surface area contributed by atoms with Crippen molar-refractivity contribution in [2.75, 3.05) is 29.5 Å². The molecule has 19 heteroatoms. The normalized spacial score (nSPS) is 20.0. The van der Waals surface area contributed by atoms with Gasteiger partial charge in [-0.3, -0.25) is 13.7 Å². The Kier molecular flexibility index (Phi) is 13.0. The average Bonchev–Trinajstić information content (AvgIpc) is 3.42. The van der Waals surface area contributed by atoms with Gasteiger partial charge in [-0.05, 0) is 92.6 Å². The van der Waals surface area contributed by atoms with Crippen LogP contribution >= 0.6 is 23.6 Å². The lowest BCUT2D eigenvalue weighted by molar-refractivity contribution is -0.437. The molecule has 1 aliphatic carbocycles. The molecule has 2 aromatic rings. The maximum absolute atomic E-state index is 12.0. The van der Waals surface area contributed by atoms with Crippen LogP contribution in [0.25, 0.3) is 0 Å². The van der Waals surface area contributed by atoms with Crippen LogP contribution < -0.4 is 4.90 Å². The number of hydrogen-bond donors (Lipinski definition) is 4. The summed E-state index contributed by atoms with van der Waals surface area (Å²) in [7, 11) is -12.9. The summed E-state index contributed by atoms with van der Waals surface area (Å²) >= 11 is 7.91. The Morgan fingerprint density at radius 3 is 2.22 bits per heavy atom. The van der Waals surface area contributed by atoms with Gasteiger partial charge in [0.2, 0.25) is 5.69 Å². The molecule has 0 unspecified atom stereocenters. The Bertz CT molecular complexity index is 2350. The van der Waals surface area contributed by atoms with E-state index in [0.29, 0.717) is 40.6 Å². The van der Waals surface area contributed by atoms with Crippen LogP contribution in [-0.4, -0.2) is 79.1 Å². The third kappa shape index (κ3) is 9.99. The SMILES string of the molecule is CC1(C)C(/C=C/C2=C(Cl)C(=C/C=C3\N(CCCS(=O)(=O)O)c4ccc(S(=O)(=O)O)cc4C3(C)C)/CCC2)=[N+](CCCS(=O)(=O)O)c2ccc(SOOO)cc21. The highest BCUT2D eigenvalue weighted by molar-refractivity contribution is 7.94.